The second-order valence-corrected chi connectivity index (χ2v) is 10.4. The molecule has 1 atom stereocenters. The minimum absolute atomic E-state index is 0.0280. The summed E-state index contributed by atoms with van der Waals surface area (Å²) in [4.78, 5) is 32.6. The number of aryl methyl sites for hydroxylation is 1. The minimum atomic E-state index is -0.823. The lowest BCUT2D eigenvalue weighted by molar-refractivity contribution is -0.139. The van der Waals surface area contributed by atoms with Crippen molar-refractivity contribution in [2.75, 3.05) is 19.8 Å². The highest BCUT2D eigenvalue weighted by atomic mass is 16.5. The molecular weight excluding hydrogens is 558 g/mol. The van der Waals surface area contributed by atoms with Gasteiger partial charge < -0.3 is 28.8 Å². The lowest BCUT2D eigenvalue weighted by Crippen LogP contribution is -2.31. The number of ketones is 1. The number of imidazole rings is 1. The van der Waals surface area contributed by atoms with Gasteiger partial charge in [-0.15, -0.1) is 0 Å². The molecule has 1 aromatic heterocycles. The highest BCUT2D eigenvalue weighted by Gasteiger charge is 2.46. The Morgan fingerprint density at radius 3 is 2.41 bits per heavy atom. The summed E-state index contributed by atoms with van der Waals surface area (Å²) in [5, 5.41) is 11.5. The van der Waals surface area contributed by atoms with Crippen molar-refractivity contribution >= 4 is 17.4 Å². The van der Waals surface area contributed by atoms with Crippen molar-refractivity contribution in [1.29, 1.82) is 0 Å². The van der Waals surface area contributed by atoms with Gasteiger partial charge in [0.15, 0.2) is 11.5 Å². The van der Waals surface area contributed by atoms with E-state index in [1.807, 2.05) is 61.0 Å². The van der Waals surface area contributed by atoms with Gasteiger partial charge >= 0.3 is 0 Å². The van der Waals surface area contributed by atoms with E-state index >= 15 is 0 Å². The summed E-state index contributed by atoms with van der Waals surface area (Å²) in [6.07, 6.45) is 6.71. The normalized spacial score (nSPS) is 15.9. The highest BCUT2D eigenvalue weighted by Crippen LogP contribution is 2.42. The molecule has 1 unspecified atom stereocenters. The molecule has 1 saturated heterocycles. The lowest BCUT2D eigenvalue weighted by Gasteiger charge is -2.26. The predicted molar refractivity (Wildman–Crippen MR) is 166 cm³/mol. The average molecular weight is 596 g/mol. The number of Topliss-reactive ketones (excluding diaryl/α,β-unsaturated/α-hetero) is 1. The summed E-state index contributed by atoms with van der Waals surface area (Å²) in [7, 11) is 0. The number of aromatic nitrogens is 2. The first kappa shape index (κ1) is 30.4. The van der Waals surface area contributed by atoms with Gasteiger partial charge in [0.2, 0.25) is 0 Å². The number of aliphatic hydroxyl groups excluding tert-OH is 1. The van der Waals surface area contributed by atoms with E-state index in [1.54, 1.807) is 48.9 Å². The number of amides is 1. The van der Waals surface area contributed by atoms with Crippen LogP contribution in [0.4, 0.5) is 0 Å². The first-order chi connectivity index (χ1) is 21.5. The van der Waals surface area contributed by atoms with Crippen LogP contribution in [0.3, 0.4) is 0 Å². The topological polar surface area (TPSA) is 103 Å². The van der Waals surface area contributed by atoms with E-state index in [-0.39, 0.29) is 11.3 Å². The number of carbonyl (C=O) groups excluding carboxylic acids is 2. The number of benzene rings is 3. The number of hydrogen-bond donors (Lipinski definition) is 1. The Balaban J connectivity index is 1.50. The maximum atomic E-state index is 13.5. The Bertz CT molecular complexity index is 1580. The quantitative estimate of drug-likeness (QED) is 0.106. The van der Waals surface area contributed by atoms with E-state index < -0.39 is 17.7 Å². The second-order valence-electron chi connectivity index (χ2n) is 10.4. The fourth-order valence-electron chi connectivity index (χ4n) is 5.20. The Labute approximate surface area is 257 Å². The summed E-state index contributed by atoms with van der Waals surface area (Å²) in [6.45, 7) is 6.13. The lowest BCUT2D eigenvalue weighted by atomic mass is 9.95. The van der Waals surface area contributed by atoms with Gasteiger partial charge in [-0.3, -0.25) is 9.59 Å². The van der Waals surface area contributed by atoms with Crippen LogP contribution in [-0.4, -0.2) is 51.0 Å². The van der Waals surface area contributed by atoms with Gasteiger partial charge in [0, 0.05) is 31.0 Å². The Kier molecular flexibility index (Phi) is 9.96. The van der Waals surface area contributed by atoms with Crippen LogP contribution in [0.5, 0.6) is 17.2 Å². The van der Waals surface area contributed by atoms with Crippen molar-refractivity contribution in [2.45, 2.75) is 45.9 Å². The van der Waals surface area contributed by atoms with Gasteiger partial charge in [0.05, 0.1) is 31.2 Å². The molecule has 1 amide bonds. The zero-order chi connectivity index (χ0) is 30.9. The predicted octanol–water partition coefficient (Wildman–Crippen LogP) is 6.16. The third-order valence-corrected chi connectivity index (χ3v) is 7.34. The molecule has 1 aliphatic rings. The van der Waals surface area contributed by atoms with Crippen LogP contribution in [-0.2, 0) is 22.7 Å². The summed E-state index contributed by atoms with van der Waals surface area (Å²) < 4.78 is 19.6. The largest absolute Gasteiger partial charge is 0.507 e. The van der Waals surface area contributed by atoms with Crippen molar-refractivity contribution in [3.8, 4) is 17.2 Å². The molecule has 2 heterocycles. The molecule has 5 rings (SSSR count). The maximum absolute atomic E-state index is 13.5. The number of likely N-dealkylation sites (tertiary alicyclic amines) is 1. The first-order valence-corrected chi connectivity index (χ1v) is 14.9. The van der Waals surface area contributed by atoms with Crippen LogP contribution < -0.4 is 14.2 Å². The number of aliphatic hydroxyl groups is 1. The molecule has 0 radical (unpaired) electrons. The van der Waals surface area contributed by atoms with E-state index in [2.05, 4.69) is 4.98 Å². The molecule has 3 aromatic carbocycles. The number of hydrogen-bond acceptors (Lipinski definition) is 7. The number of nitrogens with zero attached hydrogens (tertiary/aromatic N) is 3. The van der Waals surface area contributed by atoms with Crippen LogP contribution in [0.1, 0.15) is 49.4 Å². The van der Waals surface area contributed by atoms with Gasteiger partial charge in [-0.1, -0.05) is 43.3 Å². The van der Waals surface area contributed by atoms with Gasteiger partial charge in [-0.25, -0.2) is 4.98 Å². The van der Waals surface area contributed by atoms with E-state index in [0.717, 1.165) is 12.0 Å². The Morgan fingerprint density at radius 2 is 1.70 bits per heavy atom. The van der Waals surface area contributed by atoms with E-state index in [1.165, 1.54) is 4.90 Å². The summed E-state index contributed by atoms with van der Waals surface area (Å²) in [5.74, 6) is 0.0556. The monoisotopic (exact) mass is 595 g/mol. The van der Waals surface area contributed by atoms with Crippen molar-refractivity contribution in [3.05, 3.63) is 114 Å². The molecule has 228 valence electrons. The van der Waals surface area contributed by atoms with E-state index in [4.69, 9.17) is 14.2 Å². The zero-order valence-corrected chi connectivity index (χ0v) is 25.0. The molecule has 44 heavy (non-hydrogen) atoms. The number of carbonyl (C=O) groups is 2. The maximum Gasteiger partial charge on any atom is 0.295 e. The van der Waals surface area contributed by atoms with Gasteiger partial charge in [-0.2, -0.15) is 0 Å². The van der Waals surface area contributed by atoms with Crippen LogP contribution in [0, 0.1) is 0 Å². The molecule has 0 aliphatic carbocycles. The molecule has 0 saturated carbocycles. The van der Waals surface area contributed by atoms with Crippen molar-refractivity contribution in [1.82, 2.24) is 14.5 Å². The highest BCUT2D eigenvalue weighted by molar-refractivity contribution is 6.46. The molecule has 9 heteroatoms. The fraction of sp³-hybridized carbons (Fsp3) is 0.286. The molecule has 1 fully saturated rings. The smallest absolute Gasteiger partial charge is 0.295 e. The van der Waals surface area contributed by atoms with Crippen molar-refractivity contribution in [2.24, 2.45) is 0 Å². The zero-order valence-electron chi connectivity index (χ0n) is 25.0. The molecule has 1 N–H and O–H groups in total. The van der Waals surface area contributed by atoms with Crippen LogP contribution in [0.25, 0.3) is 5.76 Å². The van der Waals surface area contributed by atoms with Crippen LogP contribution in [0.15, 0.2) is 97.1 Å². The summed E-state index contributed by atoms with van der Waals surface area (Å²) >= 11 is 0. The molecule has 0 spiro atoms. The number of rotatable bonds is 14. The van der Waals surface area contributed by atoms with Gasteiger partial charge in [0.25, 0.3) is 11.7 Å². The third-order valence-electron chi connectivity index (χ3n) is 7.34. The average Bonchev–Trinajstić information content (AvgIpc) is 3.66. The minimum Gasteiger partial charge on any atom is -0.507 e. The van der Waals surface area contributed by atoms with Crippen molar-refractivity contribution in [3.63, 3.8) is 0 Å². The van der Waals surface area contributed by atoms with Gasteiger partial charge in [0.1, 0.15) is 18.1 Å². The van der Waals surface area contributed by atoms with Crippen molar-refractivity contribution < 1.29 is 28.9 Å². The summed E-state index contributed by atoms with van der Waals surface area (Å²) in [6, 6.07) is 21.2. The van der Waals surface area contributed by atoms with Crippen LogP contribution >= 0.6 is 0 Å². The Hall–Kier alpha value is -5.05. The second kappa shape index (κ2) is 14.4. The van der Waals surface area contributed by atoms with Crippen LogP contribution in [0.2, 0.25) is 0 Å². The van der Waals surface area contributed by atoms with E-state index in [9.17, 15) is 14.7 Å². The fourth-order valence-corrected chi connectivity index (χ4v) is 5.20. The molecule has 0 bridgehead atoms. The SMILES string of the molecule is CCCOc1ccc(/C(O)=C2\C(=O)C(=O)N(CCCn3ccnc3)C2c2ccc(OCc3ccccc3)c(OCC)c2)cc1. The first-order valence-electron chi connectivity index (χ1n) is 14.9. The molecule has 4 aromatic rings. The standard InChI is InChI=1S/C35H37N3O6/c1-3-21-43-28-14-11-26(12-15-28)33(39)31-32(38(35(41)34(31)40)19-8-18-37-20-17-36-24-37)27-13-16-29(30(22-27)42-4-2)44-23-25-9-6-5-7-10-25/h5-7,9-17,20,22,24,32,39H,3-4,8,18-19,21,23H2,1-2H3/b33-31+. The molecule has 9 nitrogen and oxygen atoms in total. The Morgan fingerprint density at radius 1 is 0.909 bits per heavy atom. The molecular formula is C35H37N3O6. The van der Waals surface area contributed by atoms with Gasteiger partial charge in [-0.05, 0) is 67.3 Å². The third kappa shape index (κ3) is 6.94. The summed E-state index contributed by atoms with van der Waals surface area (Å²) in [5.41, 5.74) is 2.09. The molecule has 1 aliphatic heterocycles. The van der Waals surface area contributed by atoms with E-state index in [0.29, 0.717) is 67.7 Å². The number of ether oxygens (including phenoxy) is 3.